The lowest BCUT2D eigenvalue weighted by Gasteiger charge is -2.15. The molecule has 0 aliphatic carbocycles. The quantitative estimate of drug-likeness (QED) is 0.590. The van der Waals surface area contributed by atoms with Gasteiger partial charge < -0.3 is 14.8 Å². The minimum Gasteiger partial charge on any atom is -0.497 e. The summed E-state index contributed by atoms with van der Waals surface area (Å²) in [5, 5.41) is 2.89. The Hall–Kier alpha value is -4.13. The van der Waals surface area contributed by atoms with E-state index in [-0.39, 0.29) is 11.8 Å². The van der Waals surface area contributed by atoms with Gasteiger partial charge in [0.1, 0.15) is 11.5 Å². The maximum atomic E-state index is 12.9. The number of hydrogen-bond acceptors (Lipinski definition) is 4. The smallest absolute Gasteiger partial charge is 0.304 e. The Morgan fingerprint density at radius 2 is 1.50 bits per heavy atom. The van der Waals surface area contributed by atoms with Crippen LogP contribution in [0.1, 0.15) is 27.5 Å². The van der Waals surface area contributed by atoms with Crippen molar-refractivity contribution in [1.82, 2.24) is 10.7 Å². The third-order valence-corrected chi connectivity index (χ3v) is 5.32. The van der Waals surface area contributed by atoms with E-state index < -0.39 is 12.1 Å². The number of hydrazine groups is 1. The Labute approximate surface area is 186 Å². The molecule has 7 heteroatoms. The summed E-state index contributed by atoms with van der Waals surface area (Å²) in [7, 11) is 3.18. The van der Waals surface area contributed by atoms with Crippen LogP contribution in [-0.2, 0) is 4.79 Å². The predicted octanol–water partition coefficient (Wildman–Crippen LogP) is 2.72. The number of amides is 2. The third-order valence-electron chi connectivity index (χ3n) is 5.32. The third kappa shape index (κ3) is 4.46. The minimum absolute atomic E-state index is 0.287. The number of carbonyl (C=O) groups is 2. The molecule has 0 saturated carbocycles. The largest absolute Gasteiger partial charge is 0.497 e. The topological polar surface area (TPSA) is 79.7 Å². The van der Waals surface area contributed by atoms with Crippen molar-refractivity contribution >= 4 is 18.0 Å². The number of nitrogens with one attached hydrogen (secondary N) is 2. The highest BCUT2D eigenvalue weighted by Crippen LogP contribution is 2.25. The Morgan fingerprint density at radius 3 is 2.09 bits per heavy atom. The van der Waals surface area contributed by atoms with Gasteiger partial charge in [-0.3, -0.25) is 9.59 Å². The summed E-state index contributed by atoms with van der Waals surface area (Å²) in [6.45, 7) is 0. The molecule has 0 bridgehead atoms. The van der Waals surface area contributed by atoms with E-state index in [4.69, 9.17) is 9.47 Å². The molecule has 1 aliphatic heterocycles. The van der Waals surface area contributed by atoms with Crippen LogP contribution in [0.2, 0.25) is 0 Å². The molecule has 4 rings (SSSR count). The molecule has 1 saturated heterocycles. The van der Waals surface area contributed by atoms with Gasteiger partial charge in [-0.25, -0.2) is 0 Å². The minimum atomic E-state index is -0.776. The van der Waals surface area contributed by atoms with Crippen molar-refractivity contribution in [1.29, 1.82) is 0 Å². The average molecular weight is 430 g/mol. The van der Waals surface area contributed by atoms with Crippen molar-refractivity contribution in [2.45, 2.75) is 12.1 Å². The number of hydrazone groups is 1. The fraction of sp³-hybridized carbons (Fsp3) is 0.160. The maximum Gasteiger partial charge on any atom is 0.304 e. The van der Waals surface area contributed by atoms with Crippen LogP contribution >= 0.6 is 0 Å². The molecule has 3 aromatic rings. The monoisotopic (exact) mass is 430 g/mol. The molecular formula is C25H24N3O4+. The number of nitrogens with zero attached hydrogens (tertiary/aromatic N) is 1. The van der Waals surface area contributed by atoms with Gasteiger partial charge in [-0.1, -0.05) is 30.3 Å². The van der Waals surface area contributed by atoms with Gasteiger partial charge in [-0.05, 0) is 48.5 Å². The van der Waals surface area contributed by atoms with E-state index in [1.807, 2.05) is 60.8 Å². The van der Waals surface area contributed by atoms with E-state index in [2.05, 4.69) is 10.7 Å². The van der Waals surface area contributed by atoms with Crippen LogP contribution in [0.3, 0.4) is 0 Å². The molecule has 0 unspecified atom stereocenters. The Kier molecular flexibility index (Phi) is 6.17. The number of ether oxygens (including phenoxy) is 2. The van der Waals surface area contributed by atoms with Crippen LogP contribution in [0.15, 0.2) is 78.9 Å². The lowest BCUT2D eigenvalue weighted by molar-refractivity contribution is -0.596. The number of benzene rings is 3. The summed E-state index contributed by atoms with van der Waals surface area (Å²) in [6, 6.07) is 22.7. The van der Waals surface area contributed by atoms with Crippen molar-refractivity contribution in [3.05, 3.63) is 95.6 Å². The normalized spacial score (nSPS) is 18.8. The molecule has 0 radical (unpaired) electrons. The predicted molar refractivity (Wildman–Crippen MR) is 120 cm³/mol. The molecule has 3 aromatic carbocycles. The lowest BCUT2D eigenvalue weighted by Crippen LogP contribution is -2.42. The van der Waals surface area contributed by atoms with Crippen LogP contribution in [0.5, 0.6) is 11.5 Å². The molecule has 32 heavy (non-hydrogen) atoms. The molecule has 1 aliphatic rings. The van der Waals surface area contributed by atoms with Gasteiger partial charge in [0.2, 0.25) is 12.3 Å². The average Bonchev–Trinajstić information content (AvgIpc) is 3.14. The van der Waals surface area contributed by atoms with E-state index in [0.29, 0.717) is 11.3 Å². The maximum absolute atomic E-state index is 12.9. The van der Waals surface area contributed by atoms with Crippen molar-refractivity contribution in [3.63, 3.8) is 0 Å². The van der Waals surface area contributed by atoms with Gasteiger partial charge in [-0.15, -0.1) is 10.1 Å². The Morgan fingerprint density at radius 1 is 0.906 bits per heavy atom. The van der Waals surface area contributed by atoms with Gasteiger partial charge >= 0.3 is 5.91 Å². The molecule has 2 amide bonds. The van der Waals surface area contributed by atoms with Gasteiger partial charge in [0.05, 0.1) is 14.2 Å². The van der Waals surface area contributed by atoms with Crippen LogP contribution in [-0.4, -0.2) is 43.0 Å². The molecule has 162 valence electrons. The molecule has 2 N–H and O–H groups in total. The highest BCUT2D eigenvalue weighted by atomic mass is 16.5. The van der Waals surface area contributed by atoms with Crippen molar-refractivity contribution < 1.29 is 23.7 Å². The summed E-state index contributed by atoms with van der Waals surface area (Å²) < 4.78 is 12.1. The zero-order chi connectivity index (χ0) is 22.5. The fourth-order valence-corrected chi connectivity index (χ4v) is 3.65. The van der Waals surface area contributed by atoms with Crippen molar-refractivity contribution in [3.8, 4) is 11.5 Å². The highest BCUT2D eigenvalue weighted by molar-refractivity contribution is 5.98. The van der Waals surface area contributed by atoms with E-state index in [1.54, 1.807) is 43.2 Å². The molecular weight excluding hydrogens is 406 g/mol. The van der Waals surface area contributed by atoms with Gasteiger partial charge in [0.15, 0.2) is 6.04 Å². The SMILES string of the molecule is COc1ccc(/C=[N+]2\NC(=O)[C@@H](NC(=O)c3ccc(OC)cc3)[C@@H]2c2ccccc2)cc1. The summed E-state index contributed by atoms with van der Waals surface area (Å²) >= 11 is 0. The number of hydrogen-bond donors (Lipinski definition) is 2. The summed E-state index contributed by atoms with van der Waals surface area (Å²) in [5.41, 5.74) is 5.11. The summed E-state index contributed by atoms with van der Waals surface area (Å²) in [6.07, 6.45) is 1.84. The van der Waals surface area contributed by atoms with Crippen LogP contribution in [0.4, 0.5) is 0 Å². The Bertz CT molecular complexity index is 1130. The molecule has 2 atom stereocenters. The lowest BCUT2D eigenvalue weighted by atomic mass is 10.00. The Balaban J connectivity index is 1.65. The second-order valence-electron chi connectivity index (χ2n) is 7.32. The molecule has 1 heterocycles. The van der Waals surface area contributed by atoms with Crippen LogP contribution in [0.25, 0.3) is 0 Å². The first-order valence-electron chi connectivity index (χ1n) is 10.2. The first kappa shape index (κ1) is 21.1. The number of carbonyl (C=O) groups excluding carboxylic acids is 2. The van der Waals surface area contributed by atoms with Gasteiger partial charge in [0.25, 0.3) is 5.91 Å². The van der Waals surface area contributed by atoms with E-state index in [9.17, 15) is 9.59 Å². The molecule has 7 nitrogen and oxygen atoms in total. The highest BCUT2D eigenvalue weighted by Gasteiger charge is 2.47. The molecule has 1 fully saturated rings. The van der Waals surface area contributed by atoms with E-state index in [0.717, 1.165) is 16.9 Å². The van der Waals surface area contributed by atoms with Crippen LogP contribution < -0.4 is 20.2 Å². The van der Waals surface area contributed by atoms with Crippen molar-refractivity contribution in [2.24, 2.45) is 0 Å². The fourth-order valence-electron chi connectivity index (χ4n) is 3.65. The standard InChI is InChI=1S/C25H23N3O4/c1-31-20-12-8-17(9-13-20)16-28-23(18-6-4-3-5-7-18)22(25(30)27-28)26-24(29)19-10-14-21(32-2)15-11-19/h3-16,22-23H,1-2H3,(H-,26,27,29,30)/p+1/b28-16-/t22-,23-/m0/s1. The zero-order valence-electron chi connectivity index (χ0n) is 17.8. The summed E-state index contributed by atoms with van der Waals surface area (Å²) in [4.78, 5) is 25.8. The van der Waals surface area contributed by atoms with E-state index in [1.165, 1.54) is 0 Å². The van der Waals surface area contributed by atoms with Gasteiger partial charge in [-0.2, -0.15) is 0 Å². The van der Waals surface area contributed by atoms with Gasteiger partial charge in [0, 0.05) is 16.7 Å². The van der Waals surface area contributed by atoms with Crippen molar-refractivity contribution in [2.75, 3.05) is 14.2 Å². The first-order chi connectivity index (χ1) is 15.6. The first-order valence-corrected chi connectivity index (χ1v) is 10.2. The zero-order valence-corrected chi connectivity index (χ0v) is 17.8. The van der Waals surface area contributed by atoms with E-state index >= 15 is 0 Å². The number of rotatable bonds is 6. The van der Waals surface area contributed by atoms with Crippen LogP contribution in [0, 0.1) is 0 Å². The summed E-state index contributed by atoms with van der Waals surface area (Å²) in [5.74, 6) is 0.782. The number of methoxy groups -OCH3 is 2. The second kappa shape index (κ2) is 9.34. The molecule has 0 aromatic heterocycles. The second-order valence-corrected chi connectivity index (χ2v) is 7.32. The molecule has 0 spiro atoms.